The van der Waals surface area contributed by atoms with Gasteiger partial charge in [0.05, 0.1) is 11.4 Å². The molecule has 2 aliphatic heterocycles. The SMILES string of the molecule is Cc1ccc(CN2CCN(C3=Nc4cc(Cl)ccc4Nc4ccccc43)CC2)cc1. The van der Waals surface area contributed by atoms with Crippen LogP contribution in [0.3, 0.4) is 0 Å². The van der Waals surface area contributed by atoms with Crippen molar-refractivity contribution in [2.45, 2.75) is 13.5 Å². The lowest BCUT2D eigenvalue weighted by Gasteiger charge is -2.36. The summed E-state index contributed by atoms with van der Waals surface area (Å²) in [6.07, 6.45) is 0. The van der Waals surface area contributed by atoms with Gasteiger partial charge >= 0.3 is 0 Å². The highest BCUT2D eigenvalue weighted by molar-refractivity contribution is 6.31. The zero-order valence-corrected chi connectivity index (χ0v) is 17.9. The van der Waals surface area contributed by atoms with Gasteiger partial charge in [-0.05, 0) is 42.8 Å². The molecule has 1 saturated heterocycles. The Morgan fingerprint density at radius 2 is 1.67 bits per heavy atom. The number of fused-ring (bicyclic) bond motifs is 2. The lowest BCUT2D eigenvalue weighted by atomic mass is 10.1. The van der Waals surface area contributed by atoms with E-state index < -0.39 is 0 Å². The number of anilines is 2. The zero-order valence-electron chi connectivity index (χ0n) is 17.1. The van der Waals surface area contributed by atoms with Gasteiger partial charge < -0.3 is 10.2 Å². The Bertz CT molecular complexity index is 1080. The standard InChI is InChI=1S/C25H25ClN4/c1-18-6-8-19(9-7-18)17-29-12-14-30(15-13-29)25-21-4-2-3-5-22(21)27-23-11-10-20(26)16-24(23)28-25/h2-11,16,27H,12-15,17H2,1H3. The number of benzene rings is 3. The first-order chi connectivity index (χ1) is 14.7. The predicted molar refractivity (Wildman–Crippen MR) is 125 cm³/mol. The van der Waals surface area contributed by atoms with Crippen LogP contribution in [0.15, 0.2) is 71.7 Å². The van der Waals surface area contributed by atoms with Gasteiger partial charge in [-0.3, -0.25) is 4.90 Å². The first kappa shape index (κ1) is 19.2. The smallest absolute Gasteiger partial charge is 0.138 e. The van der Waals surface area contributed by atoms with Crippen molar-refractivity contribution in [2.24, 2.45) is 4.99 Å². The average Bonchev–Trinajstić information content (AvgIpc) is 2.92. The summed E-state index contributed by atoms with van der Waals surface area (Å²) in [6, 6.07) is 23.1. The number of nitrogens with zero attached hydrogens (tertiary/aromatic N) is 3. The number of para-hydroxylation sites is 1. The van der Waals surface area contributed by atoms with E-state index >= 15 is 0 Å². The molecule has 152 valence electrons. The Morgan fingerprint density at radius 3 is 2.47 bits per heavy atom. The van der Waals surface area contributed by atoms with Crippen LogP contribution in [-0.2, 0) is 6.54 Å². The molecule has 4 nitrogen and oxygen atoms in total. The molecule has 2 aliphatic rings. The van der Waals surface area contributed by atoms with Crippen LogP contribution in [0.2, 0.25) is 5.02 Å². The predicted octanol–water partition coefficient (Wildman–Crippen LogP) is 5.60. The fraction of sp³-hybridized carbons (Fsp3) is 0.240. The van der Waals surface area contributed by atoms with Crippen LogP contribution >= 0.6 is 11.6 Å². The van der Waals surface area contributed by atoms with Crippen molar-refractivity contribution >= 4 is 34.5 Å². The molecule has 30 heavy (non-hydrogen) atoms. The van der Waals surface area contributed by atoms with Crippen LogP contribution in [0.4, 0.5) is 17.1 Å². The molecule has 0 radical (unpaired) electrons. The van der Waals surface area contributed by atoms with Gasteiger partial charge in [-0.2, -0.15) is 0 Å². The molecule has 0 unspecified atom stereocenters. The summed E-state index contributed by atoms with van der Waals surface area (Å²) in [5.41, 5.74) is 6.77. The quantitative estimate of drug-likeness (QED) is 0.589. The number of rotatable bonds is 2. The van der Waals surface area contributed by atoms with E-state index in [9.17, 15) is 0 Å². The van der Waals surface area contributed by atoms with E-state index in [1.165, 1.54) is 11.1 Å². The Morgan fingerprint density at radius 1 is 0.900 bits per heavy atom. The van der Waals surface area contributed by atoms with Crippen molar-refractivity contribution < 1.29 is 0 Å². The van der Waals surface area contributed by atoms with Crippen LogP contribution in [-0.4, -0.2) is 41.8 Å². The van der Waals surface area contributed by atoms with E-state index in [0.29, 0.717) is 5.02 Å². The monoisotopic (exact) mass is 416 g/mol. The Hall–Kier alpha value is -2.82. The molecule has 0 atom stereocenters. The minimum atomic E-state index is 0.701. The molecule has 3 aromatic rings. The average molecular weight is 417 g/mol. The van der Waals surface area contributed by atoms with Crippen molar-refractivity contribution in [2.75, 3.05) is 31.5 Å². The summed E-state index contributed by atoms with van der Waals surface area (Å²) in [5.74, 6) is 1.02. The molecule has 0 aliphatic carbocycles. The third-order valence-corrected chi connectivity index (χ3v) is 6.06. The van der Waals surface area contributed by atoms with Gasteiger partial charge in [0.2, 0.25) is 0 Å². The molecule has 5 heteroatoms. The second-order valence-electron chi connectivity index (χ2n) is 8.02. The number of halogens is 1. The number of aliphatic imine (C=N–C) groups is 1. The molecule has 1 fully saturated rings. The van der Waals surface area contributed by atoms with Crippen molar-refractivity contribution in [3.63, 3.8) is 0 Å². The summed E-state index contributed by atoms with van der Waals surface area (Å²) < 4.78 is 0. The van der Waals surface area contributed by atoms with Crippen LogP contribution in [0.5, 0.6) is 0 Å². The summed E-state index contributed by atoms with van der Waals surface area (Å²) in [4.78, 5) is 9.99. The number of amidine groups is 1. The largest absolute Gasteiger partial charge is 0.353 e. The van der Waals surface area contributed by atoms with Crippen LogP contribution in [0, 0.1) is 6.92 Å². The minimum absolute atomic E-state index is 0.701. The van der Waals surface area contributed by atoms with E-state index in [2.05, 4.69) is 70.6 Å². The van der Waals surface area contributed by atoms with E-state index in [0.717, 1.165) is 61.2 Å². The first-order valence-electron chi connectivity index (χ1n) is 10.4. The maximum Gasteiger partial charge on any atom is 0.138 e. The molecule has 5 rings (SSSR count). The number of hydrogen-bond donors (Lipinski definition) is 1. The normalized spacial score (nSPS) is 16.2. The third kappa shape index (κ3) is 3.93. The molecule has 1 N–H and O–H groups in total. The third-order valence-electron chi connectivity index (χ3n) is 5.82. The zero-order chi connectivity index (χ0) is 20.5. The highest BCUT2D eigenvalue weighted by Crippen LogP contribution is 2.36. The fourth-order valence-electron chi connectivity index (χ4n) is 4.12. The van der Waals surface area contributed by atoms with Gasteiger partial charge in [0, 0.05) is 49.0 Å². The van der Waals surface area contributed by atoms with E-state index in [4.69, 9.17) is 16.6 Å². The van der Waals surface area contributed by atoms with Crippen molar-refractivity contribution in [3.05, 3.63) is 88.4 Å². The number of aryl methyl sites for hydroxylation is 1. The molecule has 0 aromatic heterocycles. The van der Waals surface area contributed by atoms with E-state index in [-0.39, 0.29) is 0 Å². The van der Waals surface area contributed by atoms with Crippen LogP contribution in [0.1, 0.15) is 16.7 Å². The number of piperazine rings is 1. The van der Waals surface area contributed by atoms with Gasteiger partial charge in [0.1, 0.15) is 5.84 Å². The summed E-state index contributed by atoms with van der Waals surface area (Å²) >= 11 is 6.26. The van der Waals surface area contributed by atoms with Gasteiger partial charge in [-0.1, -0.05) is 53.6 Å². The maximum absolute atomic E-state index is 6.26. The number of hydrogen-bond acceptors (Lipinski definition) is 4. The van der Waals surface area contributed by atoms with E-state index in [1.807, 2.05) is 18.2 Å². The summed E-state index contributed by atoms with van der Waals surface area (Å²) in [6.45, 7) is 7.07. The molecule has 0 bridgehead atoms. The van der Waals surface area contributed by atoms with Gasteiger partial charge in [-0.25, -0.2) is 4.99 Å². The molecule has 3 aromatic carbocycles. The first-order valence-corrected chi connectivity index (χ1v) is 10.8. The highest BCUT2D eigenvalue weighted by atomic mass is 35.5. The van der Waals surface area contributed by atoms with Crippen LogP contribution in [0.25, 0.3) is 0 Å². The van der Waals surface area contributed by atoms with Crippen molar-refractivity contribution in [3.8, 4) is 0 Å². The van der Waals surface area contributed by atoms with Crippen molar-refractivity contribution in [1.82, 2.24) is 9.80 Å². The molecule has 0 spiro atoms. The maximum atomic E-state index is 6.26. The second kappa shape index (κ2) is 8.13. The topological polar surface area (TPSA) is 30.9 Å². The molecule has 0 amide bonds. The molecule has 0 saturated carbocycles. The van der Waals surface area contributed by atoms with Crippen LogP contribution < -0.4 is 5.32 Å². The second-order valence-corrected chi connectivity index (χ2v) is 8.45. The molecular weight excluding hydrogens is 392 g/mol. The Kier molecular flexibility index (Phi) is 5.19. The molecule has 2 heterocycles. The molecular formula is C25H25ClN4. The highest BCUT2D eigenvalue weighted by Gasteiger charge is 2.25. The summed E-state index contributed by atoms with van der Waals surface area (Å²) in [5, 5.41) is 4.24. The lowest BCUT2D eigenvalue weighted by molar-refractivity contribution is 0.176. The number of nitrogens with one attached hydrogen (secondary N) is 1. The Balaban J connectivity index is 1.38. The van der Waals surface area contributed by atoms with Gasteiger partial charge in [-0.15, -0.1) is 0 Å². The van der Waals surface area contributed by atoms with Crippen molar-refractivity contribution in [1.29, 1.82) is 0 Å². The Labute approximate surface area is 182 Å². The van der Waals surface area contributed by atoms with E-state index in [1.54, 1.807) is 0 Å². The minimum Gasteiger partial charge on any atom is -0.353 e. The fourth-order valence-corrected chi connectivity index (χ4v) is 4.29. The van der Waals surface area contributed by atoms with Gasteiger partial charge in [0.15, 0.2) is 0 Å². The summed E-state index contributed by atoms with van der Waals surface area (Å²) in [7, 11) is 0. The lowest BCUT2D eigenvalue weighted by Crippen LogP contribution is -2.48. The van der Waals surface area contributed by atoms with Gasteiger partial charge in [0.25, 0.3) is 0 Å².